The van der Waals surface area contributed by atoms with Crippen molar-refractivity contribution in [2.75, 3.05) is 13.2 Å². The maximum atomic E-state index is 5.03. The van der Waals surface area contributed by atoms with Crippen molar-refractivity contribution in [1.29, 1.82) is 0 Å². The monoisotopic (exact) mass is 198 g/mol. The second-order valence-corrected chi connectivity index (χ2v) is 3.20. The Bertz CT molecular complexity index is 116. The average molecular weight is 198 g/mol. The van der Waals surface area contributed by atoms with E-state index in [0.717, 1.165) is 26.1 Å². The molecule has 0 radical (unpaired) electrons. The highest BCUT2D eigenvalue weighted by atomic mass is 16.5. The quantitative estimate of drug-likeness (QED) is 0.373. The molecule has 0 spiro atoms. The molecule has 82 valence electrons. The number of unbranched alkanes of at least 4 members (excludes halogenated alkanes) is 5. The van der Waals surface area contributed by atoms with E-state index in [4.69, 9.17) is 9.47 Å². The van der Waals surface area contributed by atoms with Gasteiger partial charge in [-0.3, -0.25) is 0 Å². The van der Waals surface area contributed by atoms with E-state index in [9.17, 15) is 0 Å². The van der Waals surface area contributed by atoms with Crippen LogP contribution in [0.1, 0.15) is 38.5 Å². The van der Waals surface area contributed by atoms with Gasteiger partial charge in [0.15, 0.2) is 0 Å². The summed E-state index contributed by atoms with van der Waals surface area (Å²) >= 11 is 0. The standard InChI is InChI=1S/C12H22O2/c1-3-13-11-9-7-5-6-8-10-12-14-4-2/h3-4H,1-2,5-12H2. The molecule has 0 atom stereocenters. The van der Waals surface area contributed by atoms with Crippen LogP contribution in [0.4, 0.5) is 0 Å². The fourth-order valence-corrected chi connectivity index (χ4v) is 1.24. The average Bonchev–Trinajstić information content (AvgIpc) is 2.21. The van der Waals surface area contributed by atoms with Crippen LogP contribution >= 0.6 is 0 Å². The molecular formula is C12H22O2. The predicted octanol–water partition coefficient (Wildman–Crippen LogP) is 3.65. The van der Waals surface area contributed by atoms with Crippen LogP contribution < -0.4 is 0 Å². The van der Waals surface area contributed by atoms with E-state index in [1.807, 2.05) is 0 Å². The second kappa shape index (κ2) is 12.1. The third-order valence-electron chi connectivity index (χ3n) is 2.01. The van der Waals surface area contributed by atoms with E-state index in [1.54, 1.807) is 0 Å². The maximum absolute atomic E-state index is 5.03. The summed E-state index contributed by atoms with van der Waals surface area (Å²) in [6.07, 6.45) is 10.3. The molecule has 0 rings (SSSR count). The lowest BCUT2D eigenvalue weighted by Gasteiger charge is -2.02. The summed E-state index contributed by atoms with van der Waals surface area (Å²) in [5.41, 5.74) is 0. The zero-order chi connectivity index (χ0) is 10.5. The van der Waals surface area contributed by atoms with Gasteiger partial charge in [-0.15, -0.1) is 0 Å². The SMILES string of the molecule is C=COCCCCCCCCOC=C. The summed E-state index contributed by atoms with van der Waals surface area (Å²) in [5, 5.41) is 0. The van der Waals surface area contributed by atoms with Gasteiger partial charge in [0, 0.05) is 0 Å². The van der Waals surface area contributed by atoms with Gasteiger partial charge in [-0.05, 0) is 12.8 Å². The molecule has 0 aromatic heterocycles. The largest absolute Gasteiger partial charge is 0.502 e. The molecule has 2 heteroatoms. The van der Waals surface area contributed by atoms with Crippen molar-refractivity contribution in [3.05, 3.63) is 25.7 Å². The van der Waals surface area contributed by atoms with Crippen molar-refractivity contribution >= 4 is 0 Å². The van der Waals surface area contributed by atoms with Gasteiger partial charge in [-0.1, -0.05) is 38.8 Å². The van der Waals surface area contributed by atoms with Crippen molar-refractivity contribution in [3.8, 4) is 0 Å². The van der Waals surface area contributed by atoms with Crippen LogP contribution in [0.2, 0.25) is 0 Å². The van der Waals surface area contributed by atoms with Gasteiger partial charge < -0.3 is 9.47 Å². The minimum atomic E-state index is 0.809. The Morgan fingerprint density at radius 1 is 0.643 bits per heavy atom. The van der Waals surface area contributed by atoms with Crippen molar-refractivity contribution in [1.82, 2.24) is 0 Å². The van der Waals surface area contributed by atoms with Crippen LogP contribution in [0.15, 0.2) is 25.7 Å². The number of hydrogen-bond acceptors (Lipinski definition) is 2. The number of ether oxygens (including phenoxy) is 2. The zero-order valence-electron chi connectivity index (χ0n) is 9.04. The van der Waals surface area contributed by atoms with Crippen LogP contribution in [0.3, 0.4) is 0 Å². The predicted molar refractivity (Wildman–Crippen MR) is 60.0 cm³/mol. The molecule has 0 aliphatic heterocycles. The first kappa shape index (κ1) is 13.1. The lowest BCUT2D eigenvalue weighted by Crippen LogP contribution is -1.89. The van der Waals surface area contributed by atoms with Gasteiger partial charge in [0.2, 0.25) is 0 Å². The Morgan fingerprint density at radius 2 is 1.00 bits per heavy atom. The molecule has 0 heterocycles. The molecule has 0 aliphatic rings. The number of hydrogen-bond donors (Lipinski definition) is 0. The molecule has 0 fully saturated rings. The number of rotatable bonds is 11. The lowest BCUT2D eigenvalue weighted by atomic mass is 10.1. The van der Waals surface area contributed by atoms with Gasteiger partial charge in [0.05, 0.1) is 25.7 Å². The Balaban J connectivity index is 2.84. The summed E-state index contributed by atoms with van der Waals surface area (Å²) in [6.45, 7) is 8.60. The summed E-state index contributed by atoms with van der Waals surface area (Å²) in [7, 11) is 0. The van der Waals surface area contributed by atoms with E-state index in [-0.39, 0.29) is 0 Å². The molecule has 14 heavy (non-hydrogen) atoms. The van der Waals surface area contributed by atoms with Gasteiger partial charge >= 0.3 is 0 Å². The first-order valence-electron chi connectivity index (χ1n) is 5.37. The van der Waals surface area contributed by atoms with Crippen LogP contribution in [0.5, 0.6) is 0 Å². The van der Waals surface area contributed by atoms with Gasteiger partial charge in [-0.25, -0.2) is 0 Å². The molecule has 2 nitrogen and oxygen atoms in total. The van der Waals surface area contributed by atoms with Crippen LogP contribution in [0, 0.1) is 0 Å². The highest BCUT2D eigenvalue weighted by Gasteiger charge is 1.91. The normalized spacial score (nSPS) is 9.43. The molecule has 0 aromatic carbocycles. The molecule has 0 bridgehead atoms. The maximum Gasteiger partial charge on any atom is 0.0873 e. The second-order valence-electron chi connectivity index (χ2n) is 3.20. The van der Waals surface area contributed by atoms with Crippen molar-refractivity contribution in [2.45, 2.75) is 38.5 Å². The molecule has 0 saturated heterocycles. The minimum absolute atomic E-state index is 0.809. The molecule has 0 N–H and O–H groups in total. The van der Waals surface area contributed by atoms with Crippen LogP contribution in [-0.4, -0.2) is 13.2 Å². The Morgan fingerprint density at radius 3 is 1.36 bits per heavy atom. The summed E-state index contributed by atoms with van der Waals surface area (Å²) in [4.78, 5) is 0. The zero-order valence-corrected chi connectivity index (χ0v) is 9.04. The highest BCUT2D eigenvalue weighted by Crippen LogP contribution is 2.05. The summed E-state index contributed by atoms with van der Waals surface area (Å²) in [5.74, 6) is 0. The Labute approximate surface area is 87.6 Å². The van der Waals surface area contributed by atoms with E-state index in [2.05, 4.69) is 13.2 Å². The van der Waals surface area contributed by atoms with E-state index < -0.39 is 0 Å². The topological polar surface area (TPSA) is 18.5 Å². The molecule has 0 saturated carbocycles. The highest BCUT2D eigenvalue weighted by molar-refractivity contribution is 4.51. The summed E-state index contributed by atoms with van der Waals surface area (Å²) < 4.78 is 10.1. The fraction of sp³-hybridized carbons (Fsp3) is 0.667. The van der Waals surface area contributed by atoms with Crippen molar-refractivity contribution in [3.63, 3.8) is 0 Å². The summed E-state index contributed by atoms with van der Waals surface area (Å²) in [6, 6.07) is 0. The Hall–Kier alpha value is -0.920. The van der Waals surface area contributed by atoms with E-state index in [0.29, 0.717) is 0 Å². The Kier molecular flexibility index (Phi) is 11.3. The van der Waals surface area contributed by atoms with Crippen molar-refractivity contribution < 1.29 is 9.47 Å². The van der Waals surface area contributed by atoms with Gasteiger partial charge in [0.1, 0.15) is 0 Å². The van der Waals surface area contributed by atoms with Crippen LogP contribution in [-0.2, 0) is 9.47 Å². The molecule has 0 aromatic rings. The lowest BCUT2D eigenvalue weighted by molar-refractivity contribution is 0.236. The van der Waals surface area contributed by atoms with Gasteiger partial charge in [-0.2, -0.15) is 0 Å². The smallest absolute Gasteiger partial charge is 0.0873 e. The molecule has 0 unspecified atom stereocenters. The molecule has 0 amide bonds. The molecular weight excluding hydrogens is 176 g/mol. The third kappa shape index (κ3) is 11.1. The van der Waals surface area contributed by atoms with E-state index in [1.165, 1.54) is 38.2 Å². The first-order valence-corrected chi connectivity index (χ1v) is 5.37. The molecule has 0 aliphatic carbocycles. The third-order valence-corrected chi connectivity index (χ3v) is 2.01. The first-order chi connectivity index (χ1) is 6.91. The fourth-order valence-electron chi connectivity index (χ4n) is 1.24. The van der Waals surface area contributed by atoms with Crippen molar-refractivity contribution in [2.24, 2.45) is 0 Å². The van der Waals surface area contributed by atoms with E-state index >= 15 is 0 Å². The van der Waals surface area contributed by atoms with Gasteiger partial charge in [0.25, 0.3) is 0 Å². The minimum Gasteiger partial charge on any atom is -0.502 e. The van der Waals surface area contributed by atoms with Crippen LogP contribution in [0.25, 0.3) is 0 Å².